The third-order valence-corrected chi connectivity index (χ3v) is 14.7. The predicted octanol–water partition coefficient (Wildman–Crippen LogP) is 18.0. The van der Waals surface area contributed by atoms with E-state index in [0.717, 1.165) is 0 Å². The molecule has 0 amide bonds. The van der Waals surface area contributed by atoms with Gasteiger partial charge in [-0.2, -0.15) is 0 Å². The Hall–Kier alpha value is -7.02. The topological polar surface area (TPSA) is 0 Å². The molecule has 0 N–H and O–H groups in total. The monoisotopic (exact) mass is 806 g/mol. The summed E-state index contributed by atoms with van der Waals surface area (Å²) in [5.41, 5.74) is 12.8. The zero-order valence-electron chi connectivity index (χ0n) is 37.0. The van der Waals surface area contributed by atoms with E-state index in [9.17, 15) is 0 Å². The molecular formula is C63H50. The maximum Gasteiger partial charge on any atom is 0.0324 e. The van der Waals surface area contributed by atoms with Crippen molar-refractivity contribution in [1.82, 2.24) is 0 Å². The van der Waals surface area contributed by atoms with Crippen LogP contribution in [0.4, 0.5) is 0 Å². The average Bonchev–Trinajstić information content (AvgIpc) is 3.65. The fourth-order valence-corrected chi connectivity index (χ4v) is 12.7. The van der Waals surface area contributed by atoms with Gasteiger partial charge in [0.2, 0.25) is 0 Å². The largest absolute Gasteiger partial charge is 0.0616 e. The van der Waals surface area contributed by atoms with Gasteiger partial charge in [0.1, 0.15) is 0 Å². The molecule has 0 nitrogen and oxygen atoms in total. The maximum atomic E-state index is 2.47. The summed E-state index contributed by atoms with van der Waals surface area (Å²) in [6.45, 7) is 14.8. The highest BCUT2D eigenvalue weighted by Gasteiger charge is 2.59. The van der Waals surface area contributed by atoms with Gasteiger partial charge in [0, 0.05) is 5.41 Å². The lowest BCUT2D eigenvalue weighted by Crippen LogP contribution is -2.50. The van der Waals surface area contributed by atoms with Gasteiger partial charge in [0.15, 0.2) is 0 Å². The summed E-state index contributed by atoms with van der Waals surface area (Å²) in [5.74, 6) is 0. The van der Waals surface area contributed by atoms with E-state index in [1.54, 1.807) is 0 Å². The minimum absolute atomic E-state index is 0.105. The first-order valence-corrected chi connectivity index (χ1v) is 22.6. The standard InChI is InChI=1S/C63H50/c1-61(2,3)63(62(4,5)6)59-45-35-33-41(37-42(45)34-36-55(59)58-49-26-11-9-24-46(49)47-25-10-16-31-54(47)60(58)63)40-21-17-22-43(38-40)56-50-27-12-14-29-52(50)57(53-30-15-13-28-51(53)56)48-32-18-20-39-19-7-8-23-44(39)48/h7-38H,1-6H3. The van der Waals surface area contributed by atoms with E-state index in [0.29, 0.717) is 0 Å². The fourth-order valence-electron chi connectivity index (χ4n) is 12.7. The Labute approximate surface area is 370 Å². The average molecular weight is 807 g/mol. The number of rotatable bonds is 3. The molecule has 11 aromatic carbocycles. The van der Waals surface area contributed by atoms with Gasteiger partial charge in [0.25, 0.3) is 0 Å². The molecule has 0 saturated heterocycles. The third-order valence-electron chi connectivity index (χ3n) is 14.7. The molecule has 0 heteroatoms. The van der Waals surface area contributed by atoms with Gasteiger partial charge in [-0.25, -0.2) is 0 Å². The van der Waals surface area contributed by atoms with Crippen LogP contribution in [0.25, 0.3) is 109 Å². The minimum Gasteiger partial charge on any atom is -0.0616 e. The van der Waals surface area contributed by atoms with Crippen molar-refractivity contribution in [1.29, 1.82) is 0 Å². The van der Waals surface area contributed by atoms with E-state index in [-0.39, 0.29) is 16.2 Å². The predicted molar refractivity (Wildman–Crippen MR) is 273 cm³/mol. The van der Waals surface area contributed by atoms with Crippen LogP contribution < -0.4 is 0 Å². The molecule has 63 heavy (non-hydrogen) atoms. The lowest BCUT2D eigenvalue weighted by molar-refractivity contribution is 0.0977. The molecule has 1 aliphatic carbocycles. The van der Waals surface area contributed by atoms with Crippen molar-refractivity contribution < 1.29 is 0 Å². The molecule has 0 radical (unpaired) electrons. The Morgan fingerprint density at radius 3 is 1.38 bits per heavy atom. The zero-order chi connectivity index (χ0) is 42.8. The quantitative estimate of drug-likeness (QED) is 0.123. The number of hydrogen-bond acceptors (Lipinski definition) is 0. The summed E-state index contributed by atoms with van der Waals surface area (Å²) in [6, 6.07) is 73.1. The van der Waals surface area contributed by atoms with E-state index in [2.05, 4.69) is 236 Å². The molecule has 12 rings (SSSR count). The van der Waals surface area contributed by atoms with Gasteiger partial charge in [-0.05, 0) is 143 Å². The van der Waals surface area contributed by atoms with Crippen LogP contribution in [0, 0.1) is 10.8 Å². The molecule has 0 aromatic heterocycles. The molecule has 0 heterocycles. The van der Waals surface area contributed by atoms with Gasteiger partial charge in [-0.15, -0.1) is 0 Å². The van der Waals surface area contributed by atoms with Gasteiger partial charge < -0.3 is 0 Å². The Morgan fingerprint density at radius 2 is 0.746 bits per heavy atom. The molecule has 302 valence electrons. The smallest absolute Gasteiger partial charge is 0.0324 e. The van der Waals surface area contributed by atoms with Crippen LogP contribution in [0.15, 0.2) is 194 Å². The van der Waals surface area contributed by atoms with E-state index < -0.39 is 0 Å². The van der Waals surface area contributed by atoms with Crippen molar-refractivity contribution in [2.24, 2.45) is 10.8 Å². The van der Waals surface area contributed by atoms with E-state index >= 15 is 0 Å². The van der Waals surface area contributed by atoms with Gasteiger partial charge in [0.05, 0.1) is 0 Å². The number of fused-ring (bicyclic) bond motifs is 13. The highest BCUT2D eigenvalue weighted by atomic mass is 14.6. The molecule has 0 spiro atoms. The lowest BCUT2D eigenvalue weighted by atomic mass is 9.49. The summed E-state index contributed by atoms with van der Waals surface area (Å²) in [7, 11) is 0. The molecular weight excluding hydrogens is 757 g/mol. The second-order valence-corrected chi connectivity index (χ2v) is 20.0. The van der Waals surface area contributed by atoms with E-state index in [4.69, 9.17) is 0 Å². The van der Waals surface area contributed by atoms with Crippen molar-refractivity contribution in [3.05, 3.63) is 205 Å². The molecule has 0 aliphatic heterocycles. The van der Waals surface area contributed by atoms with Gasteiger partial charge in [-0.3, -0.25) is 0 Å². The molecule has 0 saturated carbocycles. The second-order valence-electron chi connectivity index (χ2n) is 20.0. The third kappa shape index (κ3) is 5.22. The number of benzene rings is 11. The molecule has 1 aliphatic rings. The summed E-state index contributed by atoms with van der Waals surface area (Å²) in [4.78, 5) is 0. The van der Waals surface area contributed by atoms with Crippen molar-refractivity contribution in [2.45, 2.75) is 47.0 Å². The first-order chi connectivity index (χ1) is 30.6. The first-order valence-electron chi connectivity index (χ1n) is 22.6. The fraction of sp³-hybridized carbons (Fsp3) is 0.143. The number of hydrogen-bond donors (Lipinski definition) is 0. The highest BCUT2D eigenvalue weighted by Crippen LogP contribution is 2.68. The summed E-state index contributed by atoms with van der Waals surface area (Å²) < 4.78 is 0. The summed E-state index contributed by atoms with van der Waals surface area (Å²) in [5, 5.41) is 15.6. The van der Waals surface area contributed by atoms with Crippen molar-refractivity contribution in [3.63, 3.8) is 0 Å². The second kappa shape index (κ2) is 13.5. The van der Waals surface area contributed by atoms with Gasteiger partial charge in [-0.1, -0.05) is 224 Å². The summed E-state index contributed by atoms with van der Waals surface area (Å²) in [6.07, 6.45) is 0. The van der Waals surface area contributed by atoms with Gasteiger partial charge >= 0.3 is 0 Å². The Morgan fingerprint density at radius 1 is 0.270 bits per heavy atom. The molecule has 0 fully saturated rings. The molecule has 11 aromatic rings. The first kappa shape index (κ1) is 37.7. The van der Waals surface area contributed by atoms with Crippen LogP contribution in [0.2, 0.25) is 0 Å². The SMILES string of the molecule is CC(C)(C)C1(C(C)(C)C)c2c(ccc3cc(-c4cccc(-c5c6ccccc6c(-c6cccc7ccccc67)c6ccccc56)c4)ccc23)-c2c1c1ccccc1c1ccccc21. The van der Waals surface area contributed by atoms with E-state index in [1.807, 2.05) is 0 Å². The normalized spacial score (nSPS) is 13.7. The van der Waals surface area contributed by atoms with Crippen molar-refractivity contribution in [2.75, 3.05) is 0 Å². The molecule has 0 atom stereocenters. The molecule has 0 bridgehead atoms. The van der Waals surface area contributed by atoms with Crippen LogP contribution in [0.3, 0.4) is 0 Å². The maximum absolute atomic E-state index is 2.47. The highest BCUT2D eigenvalue weighted by molar-refractivity contribution is 6.24. The van der Waals surface area contributed by atoms with Crippen molar-refractivity contribution in [3.8, 4) is 44.5 Å². The van der Waals surface area contributed by atoms with Crippen LogP contribution >= 0.6 is 0 Å². The summed E-state index contributed by atoms with van der Waals surface area (Å²) >= 11 is 0. The Balaban J connectivity index is 1.08. The lowest BCUT2D eigenvalue weighted by Gasteiger charge is -2.54. The van der Waals surface area contributed by atoms with Crippen LogP contribution in [-0.2, 0) is 5.41 Å². The van der Waals surface area contributed by atoms with Crippen LogP contribution in [0.1, 0.15) is 52.7 Å². The Kier molecular flexibility index (Phi) is 8.08. The Bertz CT molecular complexity index is 3620. The zero-order valence-corrected chi connectivity index (χ0v) is 37.0. The minimum atomic E-state index is -0.282. The molecule has 0 unspecified atom stereocenters. The van der Waals surface area contributed by atoms with Crippen LogP contribution in [-0.4, -0.2) is 0 Å². The van der Waals surface area contributed by atoms with Crippen LogP contribution in [0.5, 0.6) is 0 Å². The van der Waals surface area contributed by atoms with Crippen molar-refractivity contribution >= 4 is 64.6 Å². The van der Waals surface area contributed by atoms with E-state index in [1.165, 1.54) is 120 Å².